The maximum absolute atomic E-state index is 9.50. The molecule has 2 aromatic carbocycles. The topological polar surface area (TPSA) is 121 Å². The van der Waals surface area contributed by atoms with Gasteiger partial charge in [-0.1, -0.05) is 37.0 Å². The molecule has 220 valence electrons. The van der Waals surface area contributed by atoms with Gasteiger partial charge in [0.2, 0.25) is 0 Å². The summed E-state index contributed by atoms with van der Waals surface area (Å²) in [6.07, 6.45) is 5.18. The second-order valence-electron chi connectivity index (χ2n) is 9.24. The lowest BCUT2D eigenvalue weighted by molar-refractivity contribution is 0.0640. The molecule has 1 aliphatic rings. The predicted molar refractivity (Wildman–Crippen MR) is 152 cm³/mol. The Kier molecular flexibility index (Phi) is 13.9. The first-order valence-electron chi connectivity index (χ1n) is 14.1. The molecular formula is C30H42N2O8. The van der Waals surface area contributed by atoms with Crippen LogP contribution in [-0.2, 0) is 9.47 Å². The molecule has 0 aliphatic carbocycles. The number of oxime groups is 2. The summed E-state index contributed by atoms with van der Waals surface area (Å²) in [5.74, 6) is 2.25. The normalized spacial score (nSPS) is 16.1. The molecule has 10 nitrogen and oxygen atoms in total. The maximum Gasteiger partial charge on any atom is 0.161 e. The Hall–Kier alpha value is -3.50. The Morgan fingerprint density at radius 1 is 0.575 bits per heavy atom. The highest BCUT2D eigenvalue weighted by atomic mass is 16.6. The van der Waals surface area contributed by atoms with Gasteiger partial charge in [0.25, 0.3) is 0 Å². The smallest absolute Gasteiger partial charge is 0.161 e. The fourth-order valence-electron chi connectivity index (χ4n) is 4.08. The molecule has 0 spiro atoms. The van der Waals surface area contributed by atoms with E-state index < -0.39 is 0 Å². The Balaban J connectivity index is 1.66. The van der Waals surface area contributed by atoms with Gasteiger partial charge in [-0.3, -0.25) is 0 Å². The SMILES string of the molecule is CCCCC(=NO)c1ccc2c(c1)OCCOCCOc1cc(C(CCCC)=NO)ccc1OCCOCCO2. The monoisotopic (exact) mass is 558 g/mol. The van der Waals surface area contributed by atoms with E-state index in [1.807, 2.05) is 36.4 Å². The van der Waals surface area contributed by atoms with E-state index in [1.54, 1.807) is 0 Å². The van der Waals surface area contributed by atoms with Crippen molar-refractivity contribution >= 4 is 11.4 Å². The summed E-state index contributed by atoms with van der Waals surface area (Å²) in [5.41, 5.74) is 2.78. The summed E-state index contributed by atoms with van der Waals surface area (Å²) in [6.45, 7) is 6.85. The Bertz CT molecular complexity index is 1010. The fraction of sp³-hybridized carbons (Fsp3) is 0.533. The van der Waals surface area contributed by atoms with Gasteiger partial charge < -0.3 is 38.8 Å². The highest BCUT2D eigenvalue weighted by Crippen LogP contribution is 2.31. The minimum atomic E-state index is 0.300. The summed E-state index contributed by atoms with van der Waals surface area (Å²) in [7, 11) is 0. The highest BCUT2D eigenvalue weighted by molar-refractivity contribution is 6.01. The van der Waals surface area contributed by atoms with Crippen LogP contribution in [0.1, 0.15) is 63.5 Å². The van der Waals surface area contributed by atoms with Gasteiger partial charge in [0.15, 0.2) is 23.0 Å². The van der Waals surface area contributed by atoms with Gasteiger partial charge in [-0.05, 0) is 62.1 Å². The van der Waals surface area contributed by atoms with Gasteiger partial charge in [-0.2, -0.15) is 0 Å². The molecule has 0 aromatic heterocycles. The second-order valence-corrected chi connectivity index (χ2v) is 9.24. The van der Waals surface area contributed by atoms with E-state index in [1.165, 1.54) is 0 Å². The zero-order valence-electron chi connectivity index (χ0n) is 23.6. The molecule has 0 saturated carbocycles. The van der Waals surface area contributed by atoms with Crippen LogP contribution in [0.25, 0.3) is 0 Å². The molecule has 0 amide bonds. The van der Waals surface area contributed by atoms with Crippen molar-refractivity contribution in [3.63, 3.8) is 0 Å². The Morgan fingerprint density at radius 3 is 1.30 bits per heavy atom. The number of hydrogen-bond acceptors (Lipinski definition) is 10. The van der Waals surface area contributed by atoms with Gasteiger partial charge in [0.05, 0.1) is 37.9 Å². The molecular weight excluding hydrogens is 516 g/mol. The Labute approximate surface area is 236 Å². The maximum atomic E-state index is 9.50. The zero-order chi connectivity index (χ0) is 28.4. The number of rotatable bonds is 8. The van der Waals surface area contributed by atoms with Crippen molar-refractivity contribution in [3.8, 4) is 23.0 Å². The van der Waals surface area contributed by atoms with Crippen LogP contribution >= 0.6 is 0 Å². The summed E-state index contributed by atoms with van der Waals surface area (Å²) in [5, 5.41) is 26.0. The minimum Gasteiger partial charge on any atom is -0.487 e. The zero-order valence-corrected chi connectivity index (χ0v) is 23.6. The lowest BCUT2D eigenvalue weighted by Crippen LogP contribution is -2.16. The van der Waals surface area contributed by atoms with E-state index in [9.17, 15) is 10.4 Å². The van der Waals surface area contributed by atoms with E-state index in [-0.39, 0.29) is 0 Å². The number of benzene rings is 2. The van der Waals surface area contributed by atoms with E-state index >= 15 is 0 Å². The van der Waals surface area contributed by atoms with Crippen molar-refractivity contribution in [1.29, 1.82) is 0 Å². The third-order valence-electron chi connectivity index (χ3n) is 6.27. The molecule has 1 heterocycles. The van der Waals surface area contributed by atoms with Crippen LogP contribution < -0.4 is 18.9 Å². The fourth-order valence-corrected chi connectivity index (χ4v) is 4.08. The van der Waals surface area contributed by atoms with E-state index in [0.717, 1.165) is 36.8 Å². The van der Waals surface area contributed by atoms with Gasteiger partial charge in [-0.25, -0.2) is 0 Å². The summed E-state index contributed by atoms with van der Waals surface area (Å²) >= 11 is 0. The highest BCUT2D eigenvalue weighted by Gasteiger charge is 2.14. The number of fused-ring (bicyclic) bond motifs is 2. The van der Waals surface area contributed by atoms with Crippen molar-refractivity contribution < 1.29 is 38.8 Å². The lowest BCUT2D eigenvalue weighted by Gasteiger charge is -2.17. The average molecular weight is 559 g/mol. The first-order chi connectivity index (χ1) is 19.7. The Morgan fingerprint density at radius 2 is 0.950 bits per heavy atom. The van der Waals surface area contributed by atoms with Crippen LogP contribution in [0, 0.1) is 0 Å². The number of unbranched alkanes of at least 4 members (excludes halogenated alkanes) is 2. The molecule has 0 unspecified atom stereocenters. The number of ether oxygens (including phenoxy) is 6. The standard InChI is InChI=1S/C30H42N2O8/c1-3-5-7-25(31-33)23-9-11-27-29(21-23)39-19-15-36-16-20-40-30-22-24(26(32-34)8-6-4-2)10-12-28(30)38-18-14-35-13-17-37-27/h9-12,21-22,33-34H,3-8,13-20H2,1-2H3. The quantitative estimate of drug-likeness (QED) is 0.241. The molecule has 40 heavy (non-hydrogen) atoms. The van der Waals surface area contributed by atoms with Crippen LogP contribution in [0.15, 0.2) is 46.7 Å². The molecule has 0 radical (unpaired) electrons. The average Bonchev–Trinajstić information content (AvgIpc) is 2.98. The first kappa shape index (κ1) is 31.0. The molecule has 0 saturated heterocycles. The van der Waals surface area contributed by atoms with Crippen LogP contribution in [-0.4, -0.2) is 74.7 Å². The van der Waals surface area contributed by atoms with E-state index in [0.29, 0.717) is 100 Å². The van der Waals surface area contributed by atoms with Crippen LogP contribution in [0.3, 0.4) is 0 Å². The van der Waals surface area contributed by atoms with Crippen molar-refractivity contribution in [1.82, 2.24) is 0 Å². The summed E-state index contributed by atoms with van der Waals surface area (Å²) < 4.78 is 35.3. The number of nitrogens with zero attached hydrogens (tertiary/aromatic N) is 2. The molecule has 0 atom stereocenters. The summed E-state index contributed by atoms with van der Waals surface area (Å²) in [6, 6.07) is 11.0. The van der Waals surface area contributed by atoms with Gasteiger partial charge in [0, 0.05) is 11.1 Å². The predicted octanol–water partition coefficient (Wildman–Crippen LogP) is 5.69. The lowest BCUT2D eigenvalue weighted by atomic mass is 10.0. The van der Waals surface area contributed by atoms with Crippen LogP contribution in [0.2, 0.25) is 0 Å². The van der Waals surface area contributed by atoms with Crippen molar-refractivity contribution in [2.45, 2.75) is 52.4 Å². The molecule has 0 bridgehead atoms. The van der Waals surface area contributed by atoms with E-state index in [4.69, 9.17) is 28.4 Å². The van der Waals surface area contributed by atoms with Crippen molar-refractivity contribution in [3.05, 3.63) is 47.5 Å². The van der Waals surface area contributed by atoms with Gasteiger partial charge >= 0.3 is 0 Å². The van der Waals surface area contributed by atoms with Gasteiger partial charge in [-0.15, -0.1) is 0 Å². The molecule has 1 aliphatic heterocycles. The molecule has 3 rings (SSSR count). The minimum absolute atomic E-state index is 0.300. The molecule has 0 fully saturated rings. The number of hydrogen-bond donors (Lipinski definition) is 2. The van der Waals surface area contributed by atoms with Crippen LogP contribution in [0.4, 0.5) is 0 Å². The van der Waals surface area contributed by atoms with Crippen LogP contribution in [0.5, 0.6) is 23.0 Å². The molecule has 2 N–H and O–H groups in total. The first-order valence-corrected chi connectivity index (χ1v) is 14.1. The van der Waals surface area contributed by atoms with Crippen molar-refractivity contribution in [2.75, 3.05) is 52.9 Å². The van der Waals surface area contributed by atoms with Gasteiger partial charge in [0.1, 0.15) is 26.4 Å². The third-order valence-corrected chi connectivity index (χ3v) is 6.27. The largest absolute Gasteiger partial charge is 0.487 e. The molecule has 10 heteroatoms. The molecule has 2 aromatic rings. The van der Waals surface area contributed by atoms with E-state index in [2.05, 4.69) is 24.2 Å². The second kappa shape index (κ2) is 18.0. The van der Waals surface area contributed by atoms with Crippen molar-refractivity contribution in [2.24, 2.45) is 10.3 Å². The summed E-state index contributed by atoms with van der Waals surface area (Å²) in [4.78, 5) is 0. The third kappa shape index (κ3) is 9.91.